The Morgan fingerprint density at radius 3 is 1.14 bits per heavy atom. The van der Waals surface area contributed by atoms with Crippen molar-refractivity contribution in [1.29, 1.82) is 0 Å². The molecular formula is C99H108O5. The molecule has 4 unspecified atom stereocenters. The second-order valence-electron chi connectivity index (χ2n) is 31.2. The van der Waals surface area contributed by atoms with Gasteiger partial charge in [0, 0.05) is 29.2 Å². The fourth-order valence-electron chi connectivity index (χ4n) is 18.7. The van der Waals surface area contributed by atoms with Gasteiger partial charge in [-0.25, -0.2) is 0 Å². The van der Waals surface area contributed by atoms with Crippen molar-refractivity contribution in [2.24, 2.45) is 23.7 Å². The van der Waals surface area contributed by atoms with E-state index in [-0.39, 0.29) is 12.6 Å². The molecule has 2 aliphatic rings. The smallest absolute Gasteiger partial charge is 0.308 e. The van der Waals surface area contributed by atoms with E-state index in [1.54, 1.807) is 6.92 Å². The Morgan fingerprint density at radius 2 is 0.750 bits per heavy atom. The van der Waals surface area contributed by atoms with Gasteiger partial charge in [-0.15, -0.1) is 0 Å². The molecular weight excluding hydrogens is 1270 g/mol. The second kappa shape index (κ2) is 31.6. The van der Waals surface area contributed by atoms with Gasteiger partial charge in [0.1, 0.15) is 18.1 Å². The standard InChI is InChI=1S/C99H108O5/c1-10-18-26-63(14-5)48-69-30-22-34-78-85(69)55-86-70(49-64(15-6)27-19-11-2)31-23-35-79(86)94(78)90-52-67(53-91(99(90)104-62(9)100)95-80-36-24-32-71(50-65(16-7)28-20-12-3)87(80)56-88-72(33-25-37-81(88)95)51-66(17-8)29-21-13-4)57-103-77-43-38-68(39-44-77)89-54-76-61-102-60-75-41-46-83-82-45-40-73-58-101-59-74-42-47-84(96(82)92(73)74)97(89)98(83)93(75)76/h22-25,30-47,52-56,63-66H,10-21,26-29,48-51,57-61H2,1-9H3. The lowest BCUT2D eigenvalue weighted by molar-refractivity contribution is -0.131. The largest absolute Gasteiger partial charge is 0.489 e. The number of carbonyl (C=O) groups excluding carboxylic acids is 1. The monoisotopic (exact) mass is 1380 g/mol. The van der Waals surface area contributed by atoms with E-state index in [0.717, 1.165) is 90.5 Å². The van der Waals surface area contributed by atoms with E-state index in [0.29, 0.717) is 55.8 Å². The van der Waals surface area contributed by atoms with Gasteiger partial charge in [0.25, 0.3) is 0 Å². The fourth-order valence-corrected chi connectivity index (χ4v) is 18.7. The molecule has 15 rings (SSSR count). The summed E-state index contributed by atoms with van der Waals surface area (Å²) in [5.74, 6) is 3.29. The van der Waals surface area contributed by atoms with E-state index < -0.39 is 0 Å². The van der Waals surface area contributed by atoms with Crippen LogP contribution < -0.4 is 9.47 Å². The molecule has 13 aromatic carbocycles. The van der Waals surface area contributed by atoms with Crippen LogP contribution in [0.5, 0.6) is 11.5 Å². The normalized spacial score (nSPS) is 14.3. The Balaban J connectivity index is 0.962. The maximum Gasteiger partial charge on any atom is 0.308 e. The molecule has 534 valence electrons. The van der Waals surface area contributed by atoms with E-state index in [1.807, 2.05) is 0 Å². The minimum absolute atomic E-state index is 0.274. The molecule has 0 fully saturated rings. The van der Waals surface area contributed by atoms with Crippen LogP contribution in [0, 0.1) is 23.7 Å². The molecule has 0 radical (unpaired) electrons. The summed E-state index contributed by atoms with van der Waals surface area (Å²) in [5, 5.41) is 20.4. The van der Waals surface area contributed by atoms with Crippen LogP contribution in [-0.4, -0.2) is 5.97 Å². The predicted octanol–water partition coefficient (Wildman–Crippen LogP) is 28.0. The molecule has 0 aromatic heterocycles. The highest BCUT2D eigenvalue weighted by atomic mass is 16.5. The number of carbonyl (C=O) groups is 1. The third-order valence-electron chi connectivity index (χ3n) is 24.5. The number of hydrogen-bond acceptors (Lipinski definition) is 5. The first-order chi connectivity index (χ1) is 51.0. The number of hydrogen-bond donors (Lipinski definition) is 0. The SMILES string of the molecule is CCCCC(CC)Cc1cccc2c(-c3cc(COc4ccc(-c5cc6c7c(ccc8c9ccc%10c%11c(ccc(c5c78)c%119)COC%10)COC6)cc4)cc(-c4c5cccc(CC(CC)CCCC)c5cc5c(CC(CC)CCCC)cccc45)c3OC(C)=O)c3cccc(CC(CC)CCCC)c3cc12. The number of ether oxygens (including phenoxy) is 4. The number of esters is 1. The van der Waals surface area contributed by atoms with Crippen LogP contribution in [0.3, 0.4) is 0 Å². The fraction of sp³-hybridized carbons (Fsp3) is 0.384. The average Bonchev–Trinajstić information content (AvgIpc) is 0.698. The third-order valence-corrected chi connectivity index (χ3v) is 24.5. The van der Waals surface area contributed by atoms with E-state index >= 15 is 0 Å². The van der Waals surface area contributed by atoms with E-state index in [9.17, 15) is 4.79 Å². The lowest BCUT2D eigenvalue weighted by Gasteiger charge is -2.26. The Hall–Kier alpha value is -8.61. The molecule has 5 nitrogen and oxygen atoms in total. The number of rotatable bonds is 31. The van der Waals surface area contributed by atoms with E-state index in [4.69, 9.17) is 18.9 Å². The molecule has 4 atom stereocenters. The Morgan fingerprint density at radius 1 is 0.365 bits per heavy atom. The van der Waals surface area contributed by atoms with Gasteiger partial charge in [-0.05, 0) is 239 Å². The Labute approximate surface area is 618 Å². The molecule has 0 N–H and O–H groups in total. The first-order valence-corrected chi connectivity index (χ1v) is 40.4. The Kier molecular flexibility index (Phi) is 21.6. The van der Waals surface area contributed by atoms with Crippen molar-refractivity contribution < 1.29 is 23.7 Å². The zero-order valence-electron chi connectivity index (χ0n) is 63.6. The second-order valence-corrected chi connectivity index (χ2v) is 31.2. The highest BCUT2D eigenvalue weighted by Gasteiger charge is 2.30. The summed E-state index contributed by atoms with van der Waals surface area (Å²) in [6.45, 7) is 23.1. The maximum atomic E-state index is 14.6. The van der Waals surface area contributed by atoms with Crippen LogP contribution >= 0.6 is 0 Å². The summed E-state index contributed by atoms with van der Waals surface area (Å²) < 4.78 is 26.9. The summed E-state index contributed by atoms with van der Waals surface area (Å²) in [7, 11) is 0. The molecule has 0 bridgehead atoms. The quantitative estimate of drug-likeness (QED) is 0.0188. The molecule has 0 aliphatic carbocycles. The van der Waals surface area contributed by atoms with Gasteiger partial charge >= 0.3 is 5.97 Å². The van der Waals surface area contributed by atoms with Crippen LogP contribution in [0.25, 0.3) is 120 Å². The van der Waals surface area contributed by atoms with Crippen molar-refractivity contribution in [3.05, 3.63) is 214 Å². The minimum atomic E-state index is -0.339. The van der Waals surface area contributed by atoms with Gasteiger partial charge in [-0.3, -0.25) is 4.79 Å². The van der Waals surface area contributed by atoms with Crippen molar-refractivity contribution in [2.45, 2.75) is 224 Å². The van der Waals surface area contributed by atoms with Crippen LogP contribution in [0.4, 0.5) is 0 Å². The van der Waals surface area contributed by atoms with Gasteiger partial charge in [-0.1, -0.05) is 279 Å². The van der Waals surface area contributed by atoms with Crippen LogP contribution in [0.2, 0.25) is 0 Å². The van der Waals surface area contributed by atoms with Crippen LogP contribution in [-0.2, 0) is 73.0 Å². The summed E-state index contributed by atoms with van der Waals surface area (Å²) in [5.41, 5.74) is 17.9. The Bertz CT molecular complexity index is 4960. The van der Waals surface area contributed by atoms with Gasteiger partial charge in [-0.2, -0.15) is 0 Å². The van der Waals surface area contributed by atoms with Crippen molar-refractivity contribution in [1.82, 2.24) is 0 Å². The summed E-state index contributed by atoms with van der Waals surface area (Å²) in [4.78, 5) is 14.6. The van der Waals surface area contributed by atoms with Crippen molar-refractivity contribution in [3.63, 3.8) is 0 Å². The topological polar surface area (TPSA) is 54.0 Å². The summed E-state index contributed by atoms with van der Waals surface area (Å²) >= 11 is 0. The molecule has 2 heterocycles. The molecule has 0 saturated heterocycles. The highest BCUT2D eigenvalue weighted by molar-refractivity contribution is 6.36. The van der Waals surface area contributed by atoms with E-state index in [2.05, 4.69) is 219 Å². The molecule has 5 heteroatoms. The van der Waals surface area contributed by atoms with Crippen molar-refractivity contribution in [3.8, 4) is 44.9 Å². The number of unbranched alkanes of at least 4 members (excludes halogenated alkanes) is 4. The first-order valence-electron chi connectivity index (χ1n) is 40.4. The van der Waals surface area contributed by atoms with Crippen LogP contribution in [0.15, 0.2) is 164 Å². The van der Waals surface area contributed by atoms with Gasteiger partial charge in [0.2, 0.25) is 0 Å². The first kappa shape index (κ1) is 71.0. The molecule has 0 amide bonds. The van der Waals surface area contributed by atoms with Crippen molar-refractivity contribution >= 4 is 92.1 Å². The summed E-state index contributed by atoms with van der Waals surface area (Å²) in [6.07, 6.45) is 23.0. The number of fused-ring (bicyclic) bond motifs is 6. The molecule has 104 heavy (non-hydrogen) atoms. The lowest BCUT2D eigenvalue weighted by Crippen LogP contribution is -2.08. The lowest BCUT2D eigenvalue weighted by atomic mass is 9.81. The van der Waals surface area contributed by atoms with Gasteiger partial charge in [0.15, 0.2) is 0 Å². The van der Waals surface area contributed by atoms with Crippen molar-refractivity contribution in [2.75, 3.05) is 0 Å². The predicted molar refractivity (Wildman–Crippen MR) is 441 cm³/mol. The highest BCUT2D eigenvalue weighted by Crippen LogP contribution is 2.53. The molecule has 13 aromatic rings. The molecule has 0 saturated carbocycles. The van der Waals surface area contributed by atoms with Gasteiger partial charge in [0.05, 0.1) is 26.4 Å². The summed E-state index contributed by atoms with van der Waals surface area (Å²) in [6, 6.07) is 63.3. The van der Waals surface area contributed by atoms with Crippen LogP contribution in [0.1, 0.15) is 215 Å². The molecule has 2 aliphatic heterocycles. The number of benzene rings is 13. The van der Waals surface area contributed by atoms with Gasteiger partial charge < -0.3 is 18.9 Å². The zero-order valence-corrected chi connectivity index (χ0v) is 63.6. The zero-order chi connectivity index (χ0) is 71.5. The minimum Gasteiger partial charge on any atom is -0.489 e. The average molecular weight is 1380 g/mol. The maximum absolute atomic E-state index is 14.6. The third kappa shape index (κ3) is 13.7. The molecule has 0 spiro atoms. The van der Waals surface area contributed by atoms with E-state index in [1.165, 1.54) is 213 Å².